The van der Waals surface area contributed by atoms with Gasteiger partial charge in [-0.1, -0.05) is 26.0 Å². The van der Waals surface area contributed by atoms with Crippen molar-refractivity contribution in [2.24, 2.45) is 11.7 Å². The Morgan fingerprint density at radius 1 is 1.38 bits per heavy atom. The van der Waals surface area contributed by atoms with Crippen LogP contribution in [0.4, 0.5) is 0 Å². The van der Waals surface area contributed by atoms with Crippen molar-refractivity contribution in [1.82, 2.24) is 0 Å². The minimum absolute atomic E-state index is 0.523. The fraction of sp³-hybridized carbons (Fsp3) is 0.571. The van der Waals surface area contributed by atoms with Gasteiger partial charge in [-0.05, 0) is 49.4 Å². The van der Waals surface area contributed by atoms with Crippen LogP contribution in [-0.2, 0) is 6.42 Å². The first kappa shape index (κ1) is 13.0. The van der Waals surface area contributed by atoms with E-state index in [1.807, 2.05) is 0 Å². The number of rotatable bonds is 6. The largest absolute Gasteiger partial charge is 0.493 e. The van der Waals surface area contributed by atoms with Gasteiger partial charge in [-0.25, -0.2) is 0 Å². The van der Waals surface area contributed by atoms with E-state index in [0.717, 1.165) is 31.7 Å². The second-order valence-electron chi connectivity index (χ2n) is 4.46. The number of aryl methyl sites for hydroxylation is 2. The van der Waals surface area contributed by atoms with E-state index in [-0.39, 0.29) is 0 Å². The van der Waals surface area contributed by atoms with Crippen molar-refractivity contribution in [1.29, 1.82) is 0 Å². The number of hydrogen-bond acceptors (Lipinski definition) is 2. The molecule has 0 aliphatic rings. The highest BCUT2D eigenvalue weighted by Crippen LogP contribution is 2.21. The Bertz CT molecular complexity index is 323. The standard InChI is InChI=1S/C14H23NO/c1-4-13-6-5-11(2)9-14(13)16-10-12(3)7-8-15/h5-6,9,12H,4,7-8,10,15H2,1-3H3. The number of ether oxygens (including phenoxy) is 1. The summed E-state index contributed by atoms with van der Waals surface area (Å²) in [7, 11) is 0. The Kier molecular flexibility index (Phi) is 5.33. The summed E-state index contributed by atoms with van der Waals surface area (Å²) in [5.74, 6) is 1.56. The molecule has 1 atom stereocenters. The molecule has 0 fully saturated rings. The molecule has 0 bridgehead atoms. The van der Waals surface area contributed by atoms with E-state index in [2.05, 4.69) is 39.0 Å². The molecule has 2 nitrogen and oxygen atoms in total. The molecule has 0 amide bonds. The molecule has 0 saturated carbocycles. The molecular weight excluding hydrogens is 198 g/mol. The van der Waals surface area contributed by atoms with Crippen LogP contribution >= 0.6 is 0 Å². The monoisotopic (exact) mass is 221 g/mol. The van der Waals surface area contributed by atoms with E-state index in [1.54, 1.807) is 0 Å². The first-order valence-electron chi connectivity index (χ1n) is 6.09. The number of hydrogen-bond donors (Lipinski definition) is 1. The van der Waals surface area contributed by atoms with Crippen LogP contribution in [0.1, 0.15) is 31.4 Å². The summed E-state index contributed by atoms with van der Waals surface area (Å²) < 4.78 is 5.87. The highest BCUT2D eigenvalue weighted by molar-refractivity contribution is 5.37. The van der Waals surface area contributed by atoms with Crippen molar-refractivity contribution in [2.75, 3.05) is 13.2 Å². The summed E-state index contributed by atoms with van der Waals surface area (Å²) in [4.78, 5) is 0. The lowest BCUT2D eigenvalue weighted by Crippen LogP contribution is -2.14. The molecule has 0 heterocycles. The van der Waals surface area contributed by atoms with Crippen molar-refractivity contribution in [3.63, 3.8) is 0 Å². The van der Waals surface area contributed by atoms with Crippen LogP contribution in [-0.4, -0.2) is 13.2 Å². The zero-order valence-electron chi connectivity index (χ0n) is 10.6. The van der Waals surface area contributed by atoms with Gasteiger partial charge in [-0.2, -0.15) is 0 Å². The molecule has 2 N–H and O–H groups in total. The first-order valence-corrected chi connectivity index (χ1v) is 6.09. The highest BCUT2D eigenvalue weighted by atomic mass is 16.5. The highest BCUT2D eigenvalue weighted by Gasteiger charge is 2.05. The van der Waals surface area contributed by atoms with Crippen LogP contribution < -0.4 is 10.5 Å². The van der Waals surface area contributed by atoms with Gasteiger partial charge in [-0.15, -0.1) is 0 Å². The lowest BCUT2D eigenvalue weighted by atomic mass is 10.1. The zero-order chi connectivity index (χ0) is 12.0. The third-order valence-corrected chi connectivity index (χ3v) is 2.79. The van der Waals surface area contributed by atoms with Crippen LogP contribution in [0.3, 0.4) is 0 Å². The maximum absolute atomic E-state index is 5.87. The second-order valence-corrected chi connectivity index (χ2v) is 4.46. The van der Waals surface area contributed by atoms with Crippen molar-refractivity contribution in [3.05, 3.63) is 29.3 Å². The Morgan fingerprint density at radius 2 is 2.12 bits per heavy atom. The smallest absolute Gasteiger partial charge is 0.122 e. The second kappa shape index (κ2) is 6.54. The van der Waals surface area contributed by atoms with Gasteiger partial charge in [0.25, 0.3) is 0 Å². The van der Waals surface area contributed by atoms with E-state index < -0.39 is 0 Å². The molecule has 90 valence electrons. The van der Waals surface area contributed by atoms with Gasteiger partial charge in [0, 0.05) is 0 Å². The maximum Gasteiger partial charge on any atom is 0.122 e. The van der Waals surface area contributed by atoms with Crippen molar-refractivity contribution < 1.29 is 4.74 Å². The molecule has 0 aromatic heterocycles. The summed E-state index contributed by atoms with van der Waals surface area (Å²) in [6.07, 6.45) is 2.04. The predicted molar refractivity (Wildman–Crippen MR) is 68.9 cm³/mol. The van der Waals surface area contributed by atoms with E-state index in [4.69, 9.17) is 10.5 Å². The van der Waals surface area contributed by atoms with Gasteiger partial charge in [0.15, 0.2) is 0 Å². The van der Waals surface area contributed by atoms with Crippen LogP contribution in [0, 0.1) is 12.8 Å². The minimum atomic E-state index is 0.523. The summed E-state index contributed by atoms with van der Waals surface area (Å²) in [6, 6.07) is 6.40. The van der Waals surface area contributed by atoms with E-state index in [0.29, 0.717) is 5.92 Å². The van der Waals surface area contributed by atoms with E-state index in [9.17, 15) is 0 Å². The molecule has 1 aromatic rings. The molecular formula is C14H23NO. The van der Waals surface area contributed by atoms with Gasteiger partial charge in [0.2, 0.25) is 0 Å². The van der Waals surface area contributed by atoms with E-state index in [1.165, 1.54) is 11.1 Å². The maximum atomic E-state index is 5.87. The molecule has 1 unspecified atom stereocenters. The molecule has 1 aromatic carbocycles. The summed E-state index contributed by atoms with van der Waals surface area (Å²) in [6.45, 7) is 7.91. The molecule has 0 aliphatic carbocycles. The van der Waals surface area contributed by atoms with Crippen LogP contribution in [0.5, 0.6) is 5.75 Å². The van der Waals surface area contributed by atoms with Crippen LogP contribution in [0.15, 0.2) is 18.2 Å². The van der Waals surface area contributed by atoms with Gasteiger partial charge in [0.05, 0.1) is 6.61 Å². The lowest BCUT2D eigenvalue weighted by molar-refractivity contribution is 0.252. The first-order chi connectivity index (χ1) is 7.67. The molecule has 0 radical (unpaired) electrons. The van der Waals surface area contributed by atoms with Crippen LogP contribution in [0.2, 0.25) is 0 Å². The Hall–Kier alpha value is -1.02. The number of benzene rings is 1. The van der Waals surface area contributed by atoms with Gasteiger partial charge in [0.1, 0.15) is 5.75 Å². The average molecular weight is 221 g/mol. The fourth-order valence-corrected chi connectivity index (χ4v) is 1.69. The fourth-order valence-electron chi connectivity index (χ4n) is 1.69. The van der Waals surface area contributed by atoms with Gasteiger partial charge >= 0.3 is 0 Å². The molecule has 2 heteroatoms. The Labute approximate surface area is 98.8 Å². The molecule has 1 rings (SSSR count). The molecule has 0 spiro atoms. The van der Waals surface area contributed by atoms with Crippen molar-refractivity contribution in [3.8, 4) is 5.75 Å². The van der Waals surface area contributed by atoms with Crippen LogP contribution in [0.25, 0.3) is 0 Å². The minimum Gasteiger partial charge on any atom is -0.493 e. The Balaban J connectivity index is 2.61. The van der Waals surface area contributed by atoms with Gasteiger partial charge < -0.3 is 10.5 Å². The predicted octanol–water partition coefficient (Wildman–Crippen LogP) is 2.92. The normalized spacial score (nSPS) is 12.5. The summed E-state index contributed by atoms with van der Waals surface area (Å²) in [5.41, 5.74) is 8.05. The average Bonchev–Trinajstić information content (AvgIpc) is 2.27. The van der Waals surface area contributed by atoms with Gasteiger partial charge in [-0.3, -0.25) is 0 Å². The topological polar surface area (TPSA) is 35.2 Å². The molecule has 16 heavy (non-hydrogen) atoms. The molecule has 0 saturated heterocycles. The number of nitrogens with two attached hydrogens (primary N) is 1. The third-order valence-electron chi connectivity index (χ3n) is 2.79. The van der Waals surface area contributed by atoms with E-state index >= 15 is 0 Å². The SMILES string of the molecule is CCc1ccc(C)cc1OCC(C)CCN. The Morgan fingerprint density at radius 3 is 2.75 bits per heavy atom. The van der Waals surface area contributed by atoms with Crippen molar-refractivity contribution in [2.45, 2.75) is 33.6 Å². The molecule has 0 aliphatic heterocycles. The lowest BCUT2D eigenvalue weighted by Gasteiger charge is -2.15. The summed E-state index contributed by atoms with van der Waals surface area (Å²) >= 11 is 0. The van der Waals surface area contributed by atoms with Crippen molar-refractivity contribution >= 4 is 0 Å². The quantitative estimate of drug-likeness (QED) is 0.801. The summed E-state index contributed by atoms with van der Waals surface area (Å²) in [5, 5.41) is 0. The zero-order valence-corrected chi connectivity index (χ0v) is 10.6. The third kappa shape index (κ3) is 3.86.